The van der Waals surface area contributed by atoms with Gasteiger partial charge in [0.15, 0.2) is 0 Å². The average molecular weight is 412 g/mol. The Balaban J connectivity index is 2.61. The summed E-state index contributed by atoms with van der Waals surface area (Å²) in [7, 11) is 0. The number of benzene rings is 2. The van der Waals surface area contributed by atoms with E-state index in [9.17, 15) is 22.4 Å². The summed E-state index contributed by atoms with van der Waals surface area (Å²) in [6.07, 6.45) is 0. The smallest absolute Gasteiger partial charge is 0.201 e. The van der Waals surface area contributed by atoms with Gasteiger partial charge >= 0.3 is 0 Å². The summed E-state index contributed by atoms with van der Waals surface area (Å²) in [6.45, 7) is 0. The van der Waals surface area contributed by atoms with Crippen LogP contribution in [0.5, 0.6) is 0 Å². The van der Waals surface area contributed by atoms with E-state index in [4.69, 9.17) is 0 Å². The van der Waals surface area contributed by atoms with Crippen LogP contribution in [0.3, 0.4) is 0 Å². The number of rotatable bonds is 2. The van der Waals surface area contributed by atoms with Crippen LogP contribution in [0.15, 0.2) is 33.2 Å². The first-order valence-electron chi connectivity index (χ1n) is 5.15. The minimum atomic E-state index is -1.27. The second-order valence-corrected chi connectivity index (χ2v) is 5.59. The molecule has 0 bridgehead atoms. The standard InChI is InChI=1S/C13H4Br2F4O/c14-5-1-10(18)12(11(19)2-5)13(20)6-3-9(17)7(15)4-8(6)16/h1-4H. The van der Waals surface area contributed by atoms with Crippen molar-refractivity contribution in [1.29, 1.82) is 0 Å². The summed E-state index contributed by atoms with van der Waals surface area (Å²) in [5.74, 6) is -5.58. The molecule has 0 atom stereocenters. The topological polar surface area (TPSA) is 17.1 Å². The maximum absolute atomic E-state index is 13.6. The SMILES string of the molecule is O=C(c1cc(F)c(Br)cc1F)c1c(F)cc(Br)cc1F. The zero-order chi connectivity index (χ0) is 15.0. The van der Waals surface area contributed by atoms with Crippen LogP contribution in [-0.2, 0) is 0 Å². The van der Waals surface area contributed by atoms with E-state index in [1.807, 2.05) is 0 Å². The van der Waals surface area contributed by atoms with E-state index in [-0.39, 0.29) is 8.95 Å². The first kappa shape index (κ1) is 15.2. The van der Waals surface area contributed by atoms with E-state index in [2.05, 4.69) is 31.9 Å². The number of hydrogen-bond acceptors (Lipinski definition) is 1. The summed E-state index contributed by atoms with van der Waals surface area (Å²) in [4.78, 5) is 12.0. The van der Waals surface area contributed by atoms with Gasteiger partial charge < -0.3 is 0 Å². The lowest BCUT2D eigenvalue weighted by atomic mass is 10.0. The lowest BCUT2D eigenvalue weighted by Crippen LogP contribution is -2.10. The van der Waals surface area contributed by atoms with Crippen molar-refractivity contribution in [3.63, 3.8) is 0 Å². The monoisotopic (exact) mass is 410 g/mol. The largest absolute Gasteiger partial charge is 0.288 e. The Morgan fingerprint density at radius 2 is 1.35 bits per heavy atom. The van der Waals surface area contributed by atoms with Crippen molar-refractivity contribution < 1.29 is 22.4 Å². The molecule has 0 N–H and O–H groups in total. The molecule has 20 heavy (non-hydrogen) atoms. The van der Waals surface area contributed by atoms with Crippen LogP contribution < -0.4 is 0 Å². The molecule has 104 valence electrons. The molecule has 1 nitrogen and oxygen atoms in total. The molecule has 0 unspecified atom stereocenters. The van der Waals surface area contributed by atoms with Gasteiger partial charge in [-0.25, -0.2) is 17.6 Å². The van der Waals surface area contributed by atoms with Gasteiger partial charge in [0.05, 0.1) is 15.6 Å². The number of hydrogen-bond donors (Lipinski definition) is 0. The highest BCUT2D eigenvalue weighted by Gasteiger charge is 2.23. The fraction of sp³-hybridized carbons (Fsp3) is 0. The predicted molar refractivity (Wildman–Crippen MR) is 71.5 cm³/mol. The first-order valence-corrected chi connectivity index (χ1v) is 6.73. The number of carbonyl (C=O) groups excluding carboxylic acids is 1. The second-order valence-electron chi connectivity index (χ2n) is 3.82. The van der Waals surface area contributed by atoms with Crippen molar-refractivity contribution in [2.24, 2.45) is 0 Å². The van der Waals surface area contributed by atoms with Gasteiger partial charge in [0.1, 0.15) is 23.3 Å². The fourth-order valence-corrected chi connectivity index (χ4v) is 2.31. The number of halogens is 6. The Morgan fingerprint density at radius 1 is 0.800 bits per heavy atom. The van der Waals surface area contributed by atoms with Gasteiger partial charge in [-0.05, 0) is 40.2 Å². The van der Waals surface area contributed by atoms with Gasteiger partial charge in [-0.15, -0.1) is 0 Å². The van der Waals surface area contributed by atoms with E-state index in [1.54, 1.807) is 0 Å². The van der Waals surface area contributed by atoms with Crippen molar-refractivity contribution in [2.75, 3.05) is 0 Å². The van der Waals surface area contributed by atoms with E-state index in [0.29, 0.717) is 6.07 Å². The Labute approximate surface area is 127 Å². The Hall–Kier alpha value is -1.21. The normalized spacial score (nSPS) is 10.7. The van der Waals surface area contributed by atoms with Crippen LogP contribution in [0, 0.1) is 23.3 Å². The minimum absolute atomic E-state index is 0.0894. The van der Waals surface area contributed by atoms with Crippen LogP contribution in [0.25, 0.3) is 0 Å². The molecule has 0 radical (unpaired) electrons. The van der Waals surface area contributed by atoms with E-state index in [1.165, 1.54) is 0 Å². The minimum Gasteiger partial charge on any atom is -0.288 e. The van der Waals surface area contributed by atoms with E-state index in [0.717, 1.165) is 18.2 Å². The van der Waals surface area contributed by atoms with E-state index >= 15 is 0 Å². The fourth-order valence-electron chi connectivity index (χ4n) is 1.59. The Bertz CT molecular complexity index is 693. The van der Waals surface area contributed by atoms with Gasteiger partial charge in [-0.1, -0.05) is 15.9 Å². The van der Waals surface area contributed by atoms with Gasteiger partial charge in [-0.3, -0.25) is 4.79 Å². The molecular weight excluding hydrogens is 408 g/mol. The number of carbonyl (C=O) groups is 1. The predicted octanol–water partition coefficient (Wildman–Crippen LogP) is 5.00. The summed E-state index contributed by atoms with van der Waals surface area (Å²) in [5, 5.41) is 0. The van der Waals surface area contributed by atoms with E-state index < -0.39 is 40.2 Å². The third kappa shape index (κ3) is 2.78. The number of ketones is 1. The molecule has 7 heteroatoms. The molecule has 0 aliphatic rings. The zero-order valence-corrected chi connectivity index (χ0v) is 12.7. The van der Waals surface area contributed by atoms with Crippen molar-refractivity contribution in [2.45, 2.75) is 0 Å². The molecule has 0 aromatic heterocycles. The van der Waals surface area contributed by atoms with Crippen LogP contribution in [0.2, 0.25) is 0 Å². The highest BCUT2D eigenvalue weighted by atomic mass is 79.9. The van der Waals surface area contributed by atoms with Gasteiger partial charge in [0.25, 0.3) is 0 Å². The quantitative estimate of drug-likeness (QED) is 0.386. The molecule has 0 aliphatic heterocycles. The Kier molecular flexibility index (Phi) is 4.29. The molecule has 0 fully saturated rings. The van der Waals surface area contributed by atoms with Crippen molar-refractivity contribution in [3.8, 4) is 0 Å². The highest BCUT2D eigenvalue weighted by molar-refractivity contribution is 9.10. The maximum Gasteiger partial charge on any atom is 0.201 e. The molecule has 0 spiro atoms. The molecule has 0 aliphatic carbocycles. The van der Waals surface area contributed by atoms with Gasteiger partial charge in [0.2, 0.25) is 5.78 Å². The molecule has 0 amide bonds. The molecule has 2 aromatic carbocycles. The summed E-state index contributed by atoms with van der Waals surface area (Å²) >= 11 is 5.60. The van der Waals surface area contributed by atoms with Gasteiger partial charge in [-0.2, -0.15) is 0 Å². The van der Waals surface area contributed by atoms with Crippen molar-refractivity contribution >= 4 is 37.6 Å². The third-order valence-electron chi connectivity index (χ3n) is 2.49. The summed E-state index contributed by atoms with van der Waals surface area (Å²) in [6, 6.07) is 3.03. The van der Waals surface area contributed by atoms with Crippen molar-refractivity contribution in [3.05, 3.63) is 67.6 Å². The maximum atomic E-state index is 13.6. The molecule has 0 saturated heterocycles. The zero-order valence-electron chi connectivity index (χ0n) is 9.49. The lowest BCUT2D eigenvalue weighted by molar-refractivity contribution is 0.102. The molecule has 2 rings (SSSR count). The van der Waals surface area contributed by atoms with Crippen LogP contribution >= 0.6 is 31.9 Å². The van der Waals surface area contributed by atoms with Gasteiger partial charge in [0, 0.05) is 4.47 Å². The third-order valence-corrected chi connectivity index (χ3v) is 3.55. The van der Waals surface area contributed by atoms with Crippen LogP contribution in [0.1, 0.15) is 15.9 Å². The van der Waals surface area contributed by atoms with Crippen LogP contribution in [-0.4, -0.2) is 5.78 Å². The molecule has 2 aromatic rings. The van der Waals surface area contributed by atoms with Crippen LogP contribution in [0.4, 0.5) is 17.6 Å². The Morgan fingerprint density at radius 3 is 1.90 bits per heavy atom. The van der Waals surface area contributed by atoms with Crippen molar-refractivity contribution in [1.82, 2.24) is 0 Å². The lowest BCUT2D eigenvalue weighted by Gasteiger charge is -2.07. The first-order chi connectivity index (χ1) is 9.31. The summed E-state index contributed by atoms with van der Waals surface area (Å²) < 4.78 is 54.2. The molecular formula is C13H4Br2F4O. The summed E-state index contributed by atoms with van der Waals surface area (Å²) in [5.41, 5.74) is -1.68. The average Bonchev–Trinajstić information content (AvgIpc) is 2.32. The second kappa shape index (κ2) is 5.65. The highest BCUT2D eigenvalue weighted by Crippen LogP contribution is 2.26. The molecule has 0 saturated carbocycles. The molecule has 0 heterocycles.